The number of fused-ring (bicyclic) bond motifs is 1. The van der Waals surface area contributed by atoms with Gasteiger partial charge in [0.15, 0.2) is 0 Å². The third-order valence-corrected chi connectivity index (χ3v) is 7.33. The van der Waals surface area contributed by atoms with Gasteiger partial charge in [0.25, 0.3) is 0 Å². The molecule has 3 aromatic rings. The summed E-state index contributed by atoms with van der Waals surface area (Å²) in [6.45, 7) is 6.48. The maximum absolute atomic E-state index is 11.8. The molecule has 0 radical (unpaired) electrons. The average Bonchev–Trinajstić information content (AvgIpc) is 2.92. The molecule has 1 aliphatic heterocycles. The third-order valence-electron chi connectivity index (χ3n) is 7.33. The standard InChI is InChI=1S/C29H35N3O3/c1-29(21-30,28(33)32-17-15-31(16-18-32)19-20-34-2)27(25-12-6-7-14-26(25)35-3)24-13-8-10-22-9-4-5-11-23(22)24/h4-14,27-28,33H,15-20H2,1-3H3/t27-,28?,29+/m0/s1. The van der Waals surface area contributed by atoms with Crippen molar-refractivity contribution >= 4 is 10.8 Å². The van der Waals surface area contributed by atoms with E-state index in [4.69, 9.17) is 9.47 Å². The van der Waals surface area contributed by atoms with Crippen molar-refractivity contribution < 1.29 is 14.6 Å². The van der Waals surface area contributed by atoms with Gasteiger partial charge in [-0.05, 0) is 29.3 Å². The van der Waals surface area contributed by atoms with Crippen molar-refractivity contribution in [3.05, 3.63) is 77.9 Å². The van der Waals surface area contributed by atoms with E-state index in [2.05, 4.69) is 35.2 Å². The summed E-state index contributed by atoms with van der Waals surface area (Å²) in [6.07, 6.45) is -0.953. The number of hydrogen-bond donors (Lipinski definition) is 1. The number of aliphatic hydroxyl groups is 1. The van der Waals surface area contributed by atoms with E-state index in [0.717, 1.165) is 41.5 Å². The lowest BCUT2D eigenvalue weighted by Gasteiger charge is -2.45. The number of nitrogens with zero attached hydrogens (tertiary/aromatic N) is 3. The lowest BCUT2D eigenvalue weighted by Crippen LogP contribution is -2.56. The van der Waals surface area contributed by atoms with Crippen molar-refractivity contribution in [1.82, 2.24) is 9.80 Å². The Kier molecular flexibility index (Phi) is 8.04. The minimum Gasteiger partial charge on any atom is -0.496 e. The zero-order valence-corrected chi connectivity index (χ0v) is 20.9. The summed E-state index contributed by atoms with van der Waals surface area (Å²) in [6, 6.07) is 24.8. The molecule has 1 aliphatic rings. The highest BCUT2D eigenvalue weighted by Crippen LogP contribution is 2.48. The highest BCUT2D eigenvalue weighted by atomic mass is 16.5. The zero-order chi connectivity index (χ0) is 24.8. The van der Waals surface area contributed by atoms with Gasteiger partial charge >= 0.3 is 0 Å². The number of para-hydroxylation sites is 1. The van der Waals surface area contributed by atoms with Gasteiger partial charge in [0, 0.05) is 51.3 Å². The minimum absolute atomic E-state index is 0.406. The molecule has 0 spiro atoms. The fourth-order valence-corrected chi connectivity index (χ4v) is 5.32. The number of piperazine rings is 1. The predicted octanol–water partition coefficient (Wildman–Crippen LogP) is 4.09. The third kappa shape index (κ3) is 5.05. The number of rotatable bonds is 9. The number of nitriles is 1. The van der Waals surface area contributed by atoms with Crippen LogP contribution in [0.3, 0.4) is 0 Å². The van der Waals surface area contributed by atoms with Crippen LogP contribution in [0.5, 0.6) is 5.75 Å². The Balaban J connectivity index is 1.78. The van der Waals surface area contributed by atoms with Crippen LogP contribution >= 0.6 is 0 Å². The Morgan fingerprint density at radius 2 is 1.60 bits per heavy atom. The molecule has 4 rings (SSSR count). The van der Waals surface area contributed by atoms with Gasteiger partial charge in [-0.15, -0.1) is 0 Å². The topological polar surface area (TPSA) is 69.0 Å². The molecule has 6 nitrogen and oxygen atoms in total. The second kappa shape index (κ2) is 11.2. The lowest BCUT2D eigenvalue weighted by atomic mass is 9.68. The van der Waals surface area contributed by atoms with Gasteiger partial charge in [-0.25, -0.2) is 0 Å². The molecular formula is C29H35N3O3. The van der Waals surface area contributed by atoms with E-state index in [1.807, 2.05) is 54.3 Å². The van der Waals surface area contributed by atoms with Crippen LogP contribution in [-0.4, -0.2) is 74.7 Å². The van der Waals surface area contributed by atoms with E-state index < -0.39 is 17.6 Å². The summed E-state index contributed by atoms with van der Waals surface area (Å²) in [5.41, 5.74) is 0.774. The summed E-state index contributed by atoms with van der Waals surface area (Å²) in [4.78, 5) is 4.37. The van der Waals surface area contributed by atoms with Gasteiger partial charge in [-0.2, -0.15) is 5.26 Å². The average molecular weight is 474 g/mol. The highest BCUT2D eigenvalue weighted by Gasteiger charge is 2.47. The second-order valence-electron chi connectivity index (χ2n) is 9.38. The molecule has 0 amide bonds. The number of ether oxygens (including phenoxy) is 2. The van der Waals surface area contributed by atoms with Crippen LogP contribution in [0.1, 0.15) is 24.0 Å². The molecule has 6 heteroatoms. The Morgan fingerprint density at radius 3 is 2.31 bits per heavy atom. The van der Waals surface area contributed by atoms with Crippen molar-refractivity contribution in [2.45, 2.75) is 19.1 Å². The molecule has 3 aromatic carbocycles. The molecule has 35 heavy (non-hydrogen) atoms. The van der Waals surface area contributed by atoms with E-state index >= 15 is 0 Å². The van der Waals surface area contributed by atoms with Crippen LogP contribution in [-0.2, 0) is 4.74 Å². The van der Waals surface area contributed by atoms with E-state index in [1.54, 1.807) is 14.2 Å². The van der Waals surface area contributed by atoms with Crippen LogP contribution in [0.15, 0.2) is 66.7 Å². The Morgan fingerprint density at radius 1 is 0.943 bits per heavy atom. The maximum Gasteiger partial charge on any atom is 0.126 e. The normalized spacial score (nSPS) is 18.5. The van der Waals surface area contributed by atoms with Crippen LogP contribution in [0.25, 0.3) is 10.8 Å². The summed E-state index contributed by atoms with van der Waals surface area (Å²) in [5.74, 6) is 0.305. The molecule has 1 heterocycles. The predicted molar refractivity (Wildman–Crippen MR) is 138 cm³/mol. The SMILES string of the molecule is COCCN1CCN(C(O)[C@](C)(C#N)[C@H](c2ccccc2OC)c2cccc3ccccc23)CC1. The summed E-state index contributed by atoms with van der Waals surface area (Å²) in [7, 11) is 3.36. The van der Waals surface area contributed by atoms with Crippen molar-refractivity contribution in [2.24, 2.45) is 5.41 Å². The molecule has 0 bridgehead atoms. The zero-order valence-electron chi connectivity index (χ0n) is 20.9. The van der Waals surface area contributed by atoms with Crippen molar-refractivity contribution in [2.75, 3.05) is 53.6 Å². The summed E-state index contributed by atoms with van der Waals surface area (Å²) < 4.78 is 11.0. The molecule has 1 fully saturated rings. The molecule has 0 aliphatic carbocycles. The first-order chi connectivity index (χ1) is 17.0. The molecule has 3 atom stereocenters. The number of benzene rings is 3. The number of hydrogen-bond acceptors (Lipinski definition) is 6. The minimum atomic E-state index is -1.13. The monoisotopic (exact) mass is 473 g/mol. The van der Waals surface area contributed by atoms with E-state index in [0.29, 0.717) is 25.4 Å². The maximum atomic E-state index is 11.8. The molecule has 1 saturated heterocycles. The fraction of sp³-hybridized carbons (Fsp3) is 0.414. The van der Waals surface area contributed by atoms with Crippen molar-refractivity contribution in [1.29, 1.82) is 5.26 Å². The van der Waals surface area contributed by atoms with Crippen molar-refractivity contribution in [3.63, 3.8) is 0 Å². The van der Waals surface area contributed by atoms with Gasteiger partial charge in [0.1, 0.15) is 17.4 Å². The van der Waals surface area contributed by atoms with E-state index in [1.165, 1.54) is 0 Å². The molecule has 0 saturated carbocycles. The van der Waals surface area contributed by atoms with Crippen LogP contribution < -0.4 is 4.74 Å². The van der Waals surface area contributed by atoms with Crippen LogP contribution in [0, 0.1) is 16.7 Å². The van der Waals surface area contributed by atoms with Crippen LogP contribution in [0.4, 0.5) is 0 Å². The molecule has 1 N–H and O–H groups in total. The lowest BCUT2D eigenvalue weighted by molar-refractivity contribution is -0.0862. The van der Waals surface area contributed by atoms with Crippen LogP contribution in [0.2, 0.25) is 0 Å². The van der Waals surface area contributed by atoms with Gasteiger partial charge in [0.2, 0.25) is 0 Å². The highest BCUT2D eigenvalue weighted by molar-refractivity contribution is 5.87. The van der Waals surface area contributed by atoms with E-state index in [9.17, 15) is 10.4 Å². The number of aliphatic hydroxyl groups excluding tert-OH is 1. The molecule has 1 unspecified atom stereocenters. The molecule has 184 valence electrons. The molecular weight excluding hydrogens is 438 g/mol. The second-order valence-corrected chi connectivity index (χ2v) is 9.38. The number of methoxy groups -OCH3 is 2. The fourth-order valence-electron chi connectivity index (χ4n) is 5.32. The Hall–Kier alpha value is -2.95. The quantitative estimate of drug-likeness (QED) is 0.505. The van der Waals surface area contributed by atoms with Gasteiger partial charge < -0.3 is 14.6 Å². The van der Waals surface area contributed by atoms with Gasteiger partial charge in [-0.3, -0.25) is 9.80 Å². The Bertz CT molecular complexity index is 1160. The Labute approximate surface area is 208 Å². The first-order valence-corrected chi connectivity index (χ1v) is 12.2. The first kappa shape index (κ1) is 25.2. The molecule has 0 aromatic heterocycles. The van der Waals surface area contributed by atoms with E-state index in [-0.39, 0.29) is 0 Å². The van der Waals surface area contributed by atoms with Gasteiger partial charge in [0.05, 0.1) is 19.8 Å². The summed E-state index contributed by atoms with van der Waals surface area (Å²) in [5, 5.41) is 24.7. The smallest absolute Gasteiger partial charge is 0.126 e. The largest absolute Gasteiger partial charge is 0.496 e. The van der Waals surface area contributed by atoms with Gasteiger partial charge in [-0.1, -0.05) is 60.7 Å². The summed E-state index contributed by atoms with van der Waals surface area (Å²) >= 11 is 0. The van der Waals surface area contributed by atoms with Crippen molar-refractivity contribution in [3.8, 4) is 11.8 Å². The first-order valence-electron chi connectivity index (χ1n) is 12.2.